The predicted molar refractivity (Wildman–Crippen MR) is 81.7 cm³/mol. The quantitative estimate of drug-likeness (QED) is 0.861. The van der Waals surface area contributed by atoms with Crippen LogP contribution in [0.25, 0.3) is 0 Å². The van der Waals surface area contributed by atoms with Crippen LogP contribution in [0.5, 0.6) is 5.75 Å². The van der Waals surface area contributed by atoms with Crippen LogP contribution in [0.2, 0.25) is 5.02 Å². The second-order valence-corrected chi connectivity index (χ2v) is 5.52. The molecule has 1 fully saturated rings. The van der Waals surface area contributed by atoms with Gasteiger partial charge in [-0.1, -0.05) is 11.6 Å². The lowest BCUT2D eigenvalue weighted by Gasteiger charge is -2.19. The Hall–Kier alpha value is -1.74. The van der Waals surface area contributed by atoms with Crippen LogP contribution in [0, 0.1) is 6.92 Å². The molecule has 0 amide bonds. The molecule has 2 heterocycles. The number of ether oxygens (including phenoxy) is 1. The normalized spacial score (nSPS) is 18.3. The first-order valence-corrected chi connectivity index (χ1v) is 7.18. The number of benzene rings is 1. The van der Waals surface area contributed by atoms with E-state index in [0.717, 1.165) is 36.0 Å². The molecule has 1 aliphatic rings. The van der Waals surface area contributed by atoms with Crippen LogP contribution in [0.1, 0.15) is 12.1 Å². The fourth-order valence-corrected chi connectivity index (χ4v) is 2.62. The highest BCUT2D eigenvalue weighted by atomic mass is 35.5. The average molecular weight is 289 g/mol. The summed E-state index contributed by atoms with van der Waals surface area (Å²) in [6.45, 7) is 3.94. The van der Waals surface area contributed by atoms with E-state index in [1.165, 1.54) is 5.69 Å². The monoisotopic (exact) mass is 288 g/mol. The van der Waals surface area contributed by atoms with Gasteiger partial charge >= 0.3 is 0 Å². The van der Waals surface area contributed by atoms with E-state index >= 15 is 0 Å². The summed E-state index contributed by atoms with van der Waals surface area (Å²) in [5.41, 5.74) is 2.27. The SMILES string of the molecule is Cc1cc(N2CCC(Oc3ccc(Cl)cc3)C2)ccn1. The number of hydrogen-bond donors (Lipinski definition) is 0. The molecule has 2 aromatic rings. The van der Waals surface area contributed by atoms with E-state index < -0.39 is 0 Å². The molecule has 3 rings (SSSR count). The number of aryl methyl sites for hydroxylation is 1. The van der Waals surface area contributed by atoms with Crippen molar-refractivity contribution >= 4 is 17.3 Å². The van der Waals surface area contributed by atoms with Gasteiger partial charge in [-0.25, -0.2) is 0 Å². The van der Waals surface area contributed by atoms with E-state index in [2.05, 4.69) is 22.0 Å². The Morgan fingerprint density at radius 1 is 1.25 bits per heavy atom. The van der Waals surface area contributed by atoms with Gasteiger partial charge < -0.3 is 9.64 Å². The van der Waals surface area contributed by atoms with Crippen LogP contribution in [-0.2, 0) is 0 Å². The van der Waals surface area contributed by atoms with Crippen molar-refractivity contribution in [1.82, 2.24) is 4.98 Å². The van der Waals surface area contributed by atoms with E-state index in [9.17, 15) is 0 Å². The molecule has 3 nitrogen and oxygen atoms in total. The highest BCUT2D eigenvalue weighted by molar-refractivity contribution is 6.30. The topological polar surface area (TPSA) is 25.4 Å². The first-order chi connectivity index (χ1) is 9.70. The molecule has 0 bridgehead atoms. The van der Waals surface area contributed by atoms with Gasteiger partial charge in [-0.3, -0.25) is 4.98 Å². The molecule has 0 radical (unpaired) electrons. The summed E-state index contributed by atoms with van der Waals surface area (Å²) in [7, 11) is 0. The van der Waals surface area contributed by atoms with Crippen LogP contribution in [0.3, 0.4) is 0 Å². The molecule has 0 spiro atoms. The van der Waals surface area contributed by atoms with Gasteiger partial charge in [-0.2, -0.15) is 0 Å². The number of aromatic nitrogens is 1. The third kappa shape index (κ3) is 3.05. The highest BCUT2D eigenvalue weighted by Crippen LogP contribution is 2.24. The molecule has 1 atom stereocenters. The maximum Gasteiger partial charge on any atom is 0.119 e. The number of halogens is 1. The van der Waals surface area contributed by atoms with Gasteiger partial charge in [0, 0.05) is 35.6 Å². The molecule has 20 heavy (non-hydrogen) atoms. The second-order valence-electron chi connectivity index (χ2n) is 5.08. The molecule has 0 N–H and O–H groups in total. The average Bonchev–Trinajstić information content (AvgIpc) is 2.90. The Bertz CT molecular complexity index is 585. The van der Waals surface area contributed by atoms with Gasteiger partial charge in [0.2, 0.25) is 0 Å². The first kappa shape index (κ1) is 13.3. The van der Waals surface area contributed by atoms with Crippen LogP contribution in [-0.4, -0.2) is 24.2 Å². The Kier molecular flexibility index (Phi) is 3.79. The predicted octanol–water partition coefficient (Wildman–Crippen LogP) is 3.70. The molecule has 1 aromatic heterocycles. The van der Waals surface area contributed by atoms with E-state index in [4.69, 9.17) is 16.3 Å². The molecule has 1 saturated heterocycles. The van der Waals surface area contributed by atoms with Gasteiger partial charge in [0.25, 0.3) is 0 Å². The first-order valence-electron chi connectivity index (χ1n) is 6.80. The summed E-state index contributed by atoms with van der Waals surface area (Å²) in [5.74, 6) is 0.882. The van der Waals surface area contributed by atoms with Gasteiger partial charge in [0.15, 0.2) is 0 Å². The lowest BCUT2D eigenvalue weighted by atomic mass is 10.3. The molecule has 1 aliphatic heterocycles. The summed E-state index contributed by atoms with van der Waals surface area (Å²) >= 11 is 5.88. The number of rotatable bonds is 3. The summed E-state index contributed by atoms with van der Waals surface area (Å²) in [5, 5.41) is 0.734. The van der Waals surface area contributed by atoms with Crippen molar-refractivity contribution in [3.63, 3.8) is 0 Å². The number of nitrogens with zero attached hydrogens (tertiary/aromatic N) is 2. The van der Waals surface area contributed by atoms with Crippen LogP contribution in [0.4, 0.5) is 5.69 Å². The number of anilines is 1. The Balaban J connectivity index is 1.63. The van der Waals surface area contributed by atoms with E-state index in [0.29, 0.717) is 0 Å². The van der Waals surface area contributed by atoms with Crippen molar-refractivity contribution < 1.29 is 4.74 Å². The third-order valence-electron chi connectivity index (χ3n) is 3.51. The van der Waals surface area contributed by atoms with Crippen LogP contribution >= 0.6 is 11.6 Å². The lowest BCUT2D eigenvalue weighted by molar-refractivity contribution is 0.225. The van der Waals surface area contributed by atoms with Crippen molar-refractivity contribution in [3.8, 4) is 5.75 Å². The van der Waals surface area contributed by atoms with Gasteiger partial charge in [-0.15, -0.1) is 0 Å². The Morgan fingerprint density at radius 3 is 2.80 bits per heavy atom. The summed E-state index contributed by atoms with van der Waals surface area (Å²) < 4.78 is 6.00. The summed E-state index contributed by atoms with van der Waals surface area (Å²) in [6, 6.07) is 11.7. The zero-order chi connectivity index (χ0) is 13.9. The lowest BCUT2D eigenvalue weighted by Crippen LogP contribution is -2.24. The maximum absolute atomic E-state index is 6.00. The fourth-order valence-electron chi connectivity index (χ4n) is 2.49. The van der Waals surface area contributed by atoms with Crippen LogP contribution < -0.4 is 9.64 Å². The fraction of sp³-hybridized carbons (Fsp3) is 0.312. The van der Waals surface area contributed by atoms with Gasteiger partial charge in [0.1, 0.15) is 11.9 Å². The largest absolute Gasteiger partial charge is 0.489 e. The minimum Gasteiger partial charge on any atom is -0.489 e. The van der Waals surface area contributed by atoms with E-state index in [1.54, 1.807) is 0 Å². The van der Waals surface area contributed by atoms with Crippen molar-refractivity contribution in [1.29, 1.82) is 0 Å². The molecule has 0 aliphatic carbocycles. The van der Waals surface area contributed by atoms with E-state index in [1.807, 2.05) is 37.4 Å². The molecule has 104 valence electrons. The van der Waals surface area contributed by atoms with Crippen molar-refractivity contribution in [3.05, 3.63) is 53.3 Å². The van der Waals surface area contributed by atoms with E-state index in [-0.39, 0.29) is 6.10 Å². The van der Waals surface area contributed by atoms with Crippen molar-refractivity contribution in [2.24, 2.45) is 0 Å². The van der Waals surface area contributed by atoms with Crippen molar-refractivity contribution in [2.75, 3.05) is 18.0 Å². The Morgan fingerprint density at radius 2 is 2.05 bits per heavy atom. The summed E-state index contributed by atoms with van der Waals surface area (Å²) in [4.78, 5) is 6.58. The van der Waals surface area contributed by atoms with Crippen LogP contribution in [0.15, 0.2) is 42.6 Å². The smallest absolute Gasteiger partial charge is 0.119 e. The highest BCUT2D eigenvalue weighted by Gasteiger charge is 2.24. The molecule has 4 heteroatoms. The Labute approximate surface area is 124 Å². The molecule has 1 aromatic carbocycles. The molecular weight excluding hydrogens is 272 g/mol. The van der Waals surface area contributed by atoms with Gasteiger partial charge in [-0.05, 0) is 43.3 Å². The number of hydrogen-bond acceptors (Lipinski definition) is 3. The zero-order valence-electron chi connectivity index (χ0n) is 11.4. The minimum absolute atomic E-state index is 0.227. The molecule has 1 unspecified atom stereocenters. The minimum atomic E-state index is 0.227. The third-order valence-corrected chi connectivity index (χ3v) is 3.76. The van der Waals surface area contributed by atoms with Gasteiger partial charge in [0.05, 0.1) is 6.54 Å². The standard InChI is InChI=1S/C16H17ClN2O/c1-12-10-14(6-8-18-12)19-9-7-16(11-19)20-15-4-2-13(17)3-5-15/h2-6,8,10,16H,7,9,11H2,1H3. The summed E-state index contributed by atoms with van der Waals surface area (Å²) in [6.07, 6.45) is 3.12. The maximum atomic E-state index is 6.00. The molecule has 0 saturated carbocycles. The zero-order valence-corrected chi connectivity index (χ0v) is 12.2. The second kappa shape index (κ2) is 5.71. The molecular formula is C16H17ClN2O. The number of pyridine rings is 1. The van der Waals surface area contributed by atoms with Crippen molar-refractivity contribution in [2.45, 2.75) is 19.4 Å².